The Hall–Kier alpha value is 0.00247. The molecule has 22 valence electrons. The first-order valence-corrected chi connectivity index (χ1v) is 1.93. The topological polar surface area (TPSA) is 37.3 Å². The first-order chi connectivity index (χ1) is 1.73. The normalized spacial score (nSPS) is 6.00. The van der Waals surface area contributed by atoms with Crippen LogP contribution in [0.3, 0.4) is 0 Å². The molecule has 0 aliphatic carbocycles. The molecule has 2 nitrogen and oxygen atoms in total. The van der Waals surface area contributed by atoms with Crippen LogP contribution in [0.15, 0.2) is 0 Å². The van der Waals surface area contributed by atoms with Gasteiger partial charge in [0.25, 0.3) is 0 Å². The molecule has 0 bridgehead atoms. The molecule has 0 spiro atoms. The monoisotopic (exact) mass is 74.0 g/mol. The van der Waals surface area contributed by atoms with Crippen LogP contribution in [0.5, 0.6) is 0 Å². The lowest BCUT2D eigenvalue weighted by Crippen LogP contribution is -1.83. The zero-order chi connectivity index (χ0) is 3.58. The van der Waals surface area contributed by atoms with Crippen LogP contribution in [0.2, 0.25) is 0 Å². The highest BCUT2D eigenvalue weighted by molar-refractivity contribution is 6.54. The van der Waals surface area contributed by atoms with Crippen molar-refractivity contribution in [1.82, 2.24) is 0 Å². The van der Waals surface area contributed by atoms with Crippen LogP contribution in [0, 0.1) is 0 Å². The van der Waals surface area contributed by atoms with E-state index < -0.39 is 4.83 Å². The van der Waals surface area contributed by atoms with Gasteiger partial charge in [0.05, 0.1) is 0 Å². The van der Waals surface area contributed by atoms with Gasteiger partial charge in [-0.1, -0.05) is 0 Å². The van der Waals surface area contributed by atoms with E-state index in [0.717, 1.165) is 0 Å². The highest BCUT2D eigenvalue weighted by Crippen LogP contribution is 1.41. The van der Waals surface area contributed by atoms with E-state index in [1.165, 1.54) is 0 Å². The molecule has 0 aliphatic heterocycles. The fraction of sp³-hybridized carbons (Fsp3) is 0. The molecule has 0 heterocycles. The molecule has 0 atom stereocenters. The lowest BCUT2D eigenvalue weighted by Gasteiger charge is -1.60. The molecule has 1 N–H and O–H groups in total. The standard InChI is InChI=1S/CHO2.Al.2H/c2-1-3;;;/h(H,2,3);;;. The van der Waals surface area contributed by atoms with Crippen LogP contribution in [0.1, 0.15) is 0 Å². The van der Waals surface area contributed by atoms with Crippen LogP contribution >= 0.6 is 0 Å². The second kappa shape index (κ2) is 1.34. The van der Waals surface area contributed by atoms with E-state index in [4.69, 9.17) is 9.90 Å². The summed E-state index contributed by atoms with van der Waals surface area (Å²) in [7, 11) is 0. The largest absolute Gasteiger partial charge is 0.497 e. The van der Waals surface area contributed by atoms with Crippen molar-refractivity contribution in [3.8, 4) is 0 Å². The summed E-state index contributed by atoms with van der Waals surface area (Å²) in [5.74, 6) is 0. The molecule has 0 unspecified atom stereocenters. The van der Waals surface area contributed by atoms with Gasteiger partial charge in [-0.05, 0) is 0 Å². The van der Waals surface area contributed by atoms with E-state index >= 15 is 0 Å². The van der Waals surface area contributed by atoms with Crippen LogP contribution < -0.4 is 0 Å². The lowest BCUT2D eigenvalue weighted by atomic mass is 11.6. The maximum absolute atomic E-state index is 9.06. The Morgan fingerprint density at radius 3 is 2.00 bits per heavy atom. The maximum atomic E-state index is 9.06. The predicted molar refractivity (Wildman–Crippen MR) is 16.6 cm³/mol. The third-order valence-corrected chi connectivity index (χ3v) is 0. The molecule has 0 aromatic heterocycles. The van der Waals surface area contributed by atoms with E-state index in [-0.39, 0.29) is 16.3 Å². The molecule has 0 aromatic carbocycles. The number of hydrogen-bond donors (Lipinski definition) is 1. The van der Waals surface area contributed by atoms with E-state index in [9.17, 15) is 0 Å². The summed E-state index contributed by atoms with van der Waals surface area (Å²) < 4.78 is 0. The molecule has 0 rings (SSSR count). The summed E-state index contributed by atoms with van der Waals surface area (Å²) in [6, 6.07) is 0. The van der Waals surface area contributed by atoms with Gasteiger partial charge in [0.15, 0.2) is 4.83 Å². The van der Waals surface area contributed by atoms with Crippen molar-refractivity contribution < 1.29 is 9.90 Å². The molecule has 0 radical (unpaired) electrons. The van der Waals surface area contributed by atoms with Crippen LogP contribution in [-0.4, -0.2) is 26.2 Å². The third kappa shape index (κ3) is 331000. The van der Waals surface area contributed by atoms with E-state index in [1.54, 1.807) is 0 Å². The quantitative estimate of drug-likeness (QED) is 0.386. The zero-order valence-electron chi connectivity index (χ0n) is 2.36. The van der Waals surface area contributed by atoms with Gasteiger partial charge in [-0.3, -0.25) is 4.79 Å². The highest BCUT2D eigenvalue weighted by atomic mass is 27.0. The van der Waals surface area contributed by atoms with Gasteiger partial charge in [0, 0.05) is 0 Å². The number of rotatable bonds is 0. The molecule has 0 aliphatic rings. The van der Waals surface area contributed by atoms with Crippen molar-refractivity contribution in [3.05, 3.63) is 0 Å². The minimum atomic E-state index is -0.694. The van der Waals surface area contributed by atoms with Crippen LogP contribution in [-0.2, 0) is 0 Å². The first-order valence-electron chi connectivity index (χ1n) is 0.928. The lowest BCUT2D eigenvalue weighted by molar-refractivity contribution is 0.220. The molecule has 0 amide bonds. The average molecular weight is 74.0 g/mol. The van der Waals surface area contributed by atoms with E-state index in [1.807, 2.05) is 0 Å². The summed E-state index contributed by atoms with van der Waals surface area (Å²) in [6.07, 6.45) is 0. The van der Waals surface area contributed by atoms with Crippen molar-refractivity contribution in [3.63, 3.8) is 0 Å². The van der Waals surface area contributed by atoms with E-state index in [2.05, 4.69) is 0 Å². The molecule has 0 saturated carbocycles. The Morgan fingerprint density at radius 1 is 2.00 bits per heavy atom. The molecule has 0 aromatic rings. The van der Waals surface area contributed by atoms with Gasteiger partial charge >= 0.3 is 16.3 Å². The van der Waals surface area contributed by atoms with Crippen LogP contribution in [0.25, 0.3) is 0 Å². The third-order valence-electron chi connectivity index (χ3n) is 0. The fourth-order valence-electron chi connectivity index (χ4n) is 0. The molecule has 0 saturated heterocycles. The Bertz CT molecular complexity index is 29.0. The molecule has 4 heavy (non-hydrogen) atoms. The Morgan fingerprint density at radius 2 is 2.00 bits per heavy atom. The summed E-state index contributed by atoms with van der Waals surface area (Å²) in [5, 5.41) is 7.48. The zero-order valence-corrected chi connectivity index (χ0v) is 4.36. The Labute approximate surface area is 31.9 Å². The maximum Gasteiger partial charge on any atom is 0.387 e. The Balaban J connectivity index is 2.80. The predicted octanol–water partition coefficient (Wildman–Crippen LogP) is -0.703. The summed E-state index contributed by atoms with van der Waals surface area (Å²) in [4.78, 5) is 8.37. The highest BCUT2D eigenvalue weighted by Gasteiger charge is 1.68. The molecule has 0 fully saturated rings. The van der Waals surface area contributed by atoms with Crippen molar-refractivity contribution in [2.45, 2.75) is 0 Å². The van der Waals surface area contributed by atoms with Crippen molar-refractivity contribution >= 4 is 21.1 Å². The minimum absolute atomic E-state index is 0.265. The number of hydrogen-bond acceptors (Lipinski definition) is 1. The Kier molecular flexibility index (Phi) is 1.34. The fourth-order valence-corrected chi connectivity index (χ4v) is 0. The number of carboxylic acid groups (broad SMARTS) is 1. The van der Waals surface area contributed by atoms with Gasteiger partial charge in [0.1, 0.15) is 0 Å². The minimum Gasteiger partial charge on any atom is -0.497 e. The van der Waals surface area contributed by atoms with Crippen molar-refractivity contribution in [2.24, 2.45) is 0 Å². The van der Waals surface area contributed by atoms with Gasteiger partial charge in [-0.2, -0.15) is 0 Å². The second-order valence-corrected chi connectivity index (χ2v) is 1.37. The SMILES string of the molecule is O=[C](O)[AlH2]. The van der Waals surface area contributed by atoms with E-state index in [0.29, 0.717) is 0 Å². The van der Waals surface area contributed by atoms with Gasteiger partial charge in [-0.15, -0.1) is 0 Å². The van der Waals surface area contributed by atoms with Crippen molar-refractivity contribution in [2.75, 3.05) is 0 Å². The van der Waals surface area contributed by atoms with Crippen molar-refractivity contribution in [1.29, 1.82) is 0 Å². The molecular formula is CH3AlO2. The van der Waals surface area contributed by atoms with Crippen LogP contribution in [0.4, 0.5) is 4.79 Å². The average Bonchev–Trinajstić information content (AvgIpc) is 0.811. The molecular weight excluding hydrogens is 71.0 g/mol. The van der Waals surface area contributed by atoms with Gasteiger partial charge in [-0.25, -0.2) is 0 Å². The van der Waals surface area contributed by atoms with Gasteiger partial charge in [0.2, 0.25) is 0 Å². The number of carbonyl (C=O) groups is 1. The first kappa shape index (κ1) is 4.00. The summed E-state index contributed by atoms with van der Waals surface area (Å²) in [6.45, 7) is 0. The molecule has 3 heteroatoms. The summed E-state index contributed by atoms with van der Waals surface area (Å²) in [5.41, 5.74) is 0. The second-order valence-electron chi connectivity index (χ2n) is 0.519. The smallest absolute Gasteiger partial charge is 0.387 e. The summed E-state index contributed by atoms with van der Waals surface area (Å²) >= 11 is 0.265. The van der Waals surface area contributed by atoms with Gasteiger partial charge < -0.3 is 5.11 Å².